The summed E-state index contributed by atoms with van der Waals surface area (Å²) in [5, 5.41) is 8.32. The van der Waals surface area contributed by atoms with Gasteiger partial charge in [0.15, 0.2) is 23.3 Å². The molecule has 0 aliphatic rings. The Bertz CT molecular complexity index is 794. The lowest BCUT2D eigenvalue weighted by Gasteiger charge is -2.09. The Morgan fingerprint density at radius 1 is 1.15 bits per heavy atom. The lowest BCUT2D eigenvalue weighted by molar-refractivity contribution is -0.119. The topological polar surface area (TPSA) is 112 Å². The zero-order chi connectivity index (χ0) is 18.8. The molecule has 8 heteroatoms. The molecule has 2 aromatic rings. The molecule has 0 radical (unpaired) electrons. The van der Waals surface area contributed by atoms with Gasteiger partial charge in [-0.05, 0) is 29.3 Å². The second kappa shape index (κ2) is 10.1. The molecule has 0 saturated heterocycles. The van der Waals surface area contributed by atoms with E-state index in [2.05, 4.69) is 10.2 Å². The number of rotatable bonds is 8. The zero-order valence-electron chi connectivity index (χ0n) is 14.3. The summed E-state index contributed by atoms with van der Waals surface area (Å²) in [7, 11) is 1.50. The Morgan fingerprint density at radius 2 is 1.92 bits per heavy atom. The number of amides is 1. The van der Waals surface area contributed by atoms with Crippen molar-refractivity contribution in [2.75, 3.05) is 13.7 Å². The number of nitrogens with zero attached hydrogens (tertiary/aromatic N) is 2. The van der Waals surface area contributed by atoms with Crippen LogP contribution in [0.25, 0.3) is 0 Å². The van der Waals surface area contributed by atoms with Crippen LogP contribution in [0, 0.1) is 0 Å². The molecule has 0 atom stereocenters. The molecule has 0 heterocycles. The van der Waals surface area contributed by atoms with Crippen LogP contribution >= 0.6 is 11.8 Å². The van der Waals surface area contributed by atoms with Crippen LogP contribution in [0.5, 0.6) is 11.5 Å². The van der Waals surface area contributed by atoms with Gasteiger partial charge in [-0.25, -0.2) is 0 Å². The van der Waals surface area contributed by atoms with Crippen LogP contribution in [0.1, 0.15) is 11.1 Å². The number of hydrogen-bond donors (Lipinski definition) is 2. The van der Waals surface area contributed by atoms with Gasteiger partial charge >= 0.3 is 0 Å². The monoisotopic (exact) mass is 372 g/mol. The van der Waals surface area contributed by atoms with Crippen molar-refractivity contribution in [3.63, 3.8) is 0 Å². The maximum Gasteiger partial charge on any atom is 0.255 e. The molecule has 4 N–H and O–H groups in total. The maximum absolute atomic E-state index is 10.8. The van der Waals surface area contributed by atoms with Crippen molar-refractivity contribution in [3.8, 4) is 11.5 Å². The van der Waals surface area contributed by atoms with E-state index in [0.717, 1.165) is 16.9 Å². The van der Waals surface area contributed by atoms with E-state index in [-0.39, 0.29) is 6.61 Å². The molecule has 26 heavy (non-hydrogen) atoms. The summed E-state index contributed by atoms with van der Waals surface area (Å²) in [5.74, 6) is 1.05. The Hall–Kier alpha value is -3.00. The summed E-state index contributed by atoms with van der Waals surface area (Å²) in [5.41, 5.74) is 12.8. The molecule has 7 nitrogen and oxygen atoms in total. The minimum absolute atomic E-state index is 0.219. The van der Waals surface area contributed by atoms with Crippen LogP contribution in [-0.4, -0.2) is 31.0 Å². The average molecular weight is 372 g/mol. The van der Waals surface area contributed by atoms with E-state index in [1.54, 1.807) is 24.4 Å². The van der Waals surface area contributed by atoms with Crippen LogP contribution in [0.2, 0.25) is 0 Å². The highest BCUT2D eigenvalue weighted by molar-refractivity contribution is 8.13. The van der Waals surface area contributed by atoms with Crippen LogP contribution in [0.4, 0.5) is 0 Å². The molecule has 0 spiro atoms. The maximum atomic E-state index is 10.8. The minimum atomic E-state index is -0.560. The number of benzene rings is 2. The third-order valence-corrected chi connectivity index (χ3v) is 4.01. The first-order valence-corrected chi connectivity index (χ1v) is 8.69. The Labute approximate surface area is 156 Å². The number of primary amides is 1. The van der Waals surface area contributed by atoms with Gasteiger partial charge in [0.25, 0.3) is 5.91 Å². The fourth-order valence-electron chi connectivity index (χ4n) is 1.95. The summed E-state index contributed by atoms with van der Waals surface area (Å²) >= 11 is 1.41. The smallest absolute Gasteiger partial charge is 0.255 e. The molecule has 0 aliphatic heterocycles. The van der Waals surface area contributed by atoms with E-state index in [9.17, 15) is 4.79 Å². The normalized spacial score (nSPS) is 11.5. The van der Waals surface area contributed by atoms with Crippen molar-refractivity contribution in [2.45, 2.75) is 5.75 Å². The first kappa shape index (κ1) is 19.3. The molecule has 0 fully saturated rings. The molecule has 0 aliphatic carbocycles. The van der Waals surface area contributed by atoms with Crippen molar-refractivity contribution in [1.29, 1.82) is 0 Å². The van der Waals surface area contributed by atoms with Crippen molar-refractivity contribution in [1.82, 2.24) is 0 Å². The van der Waals surface area contributed by atoms with Gasteiger partial charge in [-0.3, -0.25) is 4.79 Å². The number of methoxy groups -OCH3 is 1. The summed E-state index contributed by atoms with van der Waals surface area (Å²) in [6.07, 6.45) is 1.55. The number of nitrogens with two attached hydrogens (primary N) is 2. The Morgan fingerprint density at radius 3 is 2.62 bits per heavy atom. The first-order chi connectivity index (χ1) is 12.6. The van der Waals surface area contributed by atoms with Crippen LogP contribution in [-0.2, 0) is 10.5 Å². The first-order valence-electron chi connectivity index (χ1n) is 7.71. The molecule has 0 aromatic heterocycles. The Kier molecular flexibility index (Phi) is 7.50. The lowest BCUT2D eigenvalue weighted by Crippen LogP contribution is -2.20. The summed E-state index contributed by atoms with van der Waals surface area (Å²) in [6, 6.07) is 15.1. The average Bonchev–Trinajstić information content (AvgIpc) is 2.66. The predicted molar refractivity (Wildman–Crippen MR) is 105 cm³/mol. The number of thioether (sulfide) groups is 1. The largest absolute Gasteiger partial charge is 0.493 e. The van der Waals surface area contributed by atoms with Gasteiger partial charge in [-0.15, -0.1) is 5.10 Å². The number of hydrogen-bond acceptors (Lipinski definition) is 6. The molecule has 136 valence electrons. The quantitative estimate of drug-likeness (QED) is 0.419. The third kappa shape index (κ3) is 6.48. The molecule has 0 saturated carbocycles. The van der Waals surface area contributed by atoms with Crippen molar-refractivity contribution < 1.29 is 14.3 Å². The highest BCUT2D eigenvalue weighted by Gasteiger charge is 2.06. The third-order valence-electron chi connectivity index (χ3n) is 3.15. The molecule has 0 bridgehead atoms. The molecule has 0 unspecified atom stereocenters. The van der Waals surface area contributed by atoms with Crippen LogP contribution in [0.3, 0.4) is 0 Å². The van der Waals surface area contributed by atoms with E-state index in [4.69, 9.17) is 20.9 Å². The van der Waals surface area contributed by atoms with Gasteiger partial charge in [0, 0.05) is 5.75 Å². The minimum Gasteiger partial charge on any atom is -0.493 e. The van der Waals surface area contributed by atoms with Gasteiger partial charge in [-0.1, -0.05) is 42.1 Å². The van der Waals surface area contributed by atoms with Gasteiger partial charge in [0.05, 0.1) is 13.3 Å². The number of carbonyl (C=O) groups is 1. The van der Waals surface area contributed by atoms with Crippen LogP contribution in [0.15, 0.2) is 58.7 Å². The van der Waals surface area contributed by atoms with E-state index >= 15 is 0 Å². The second-order valence-electron chi connectivity index (χ2n) is 5.12. The van der Waals surface area contributed by atoms with E-state index in [1.165, 1.54) is 18.9 Å². The second-order valence-corrected chi connectivity index (χ2v) is 6.12. The summed E-state index contributed by atoms with van der Waals surface area (Å²) in [6.45, 7) is -0.219. The van der Waals surface area contributed by atoms with Crippen molar-refractivity contribution in [2.24, 2.45) is 21.7 Å². The number of ether oxygens (including phenoxy) is 2. The highest BCUT2D eigenvalue weighted by atomic mass is 32.2. The Balaban J connectivity index is 1.95. The fraction of sp³-hybridized carbons (Fsp3) is 0.167. The zero-order valence-corrected chi connectivity index (χ0v) is 15.1. The van der Waals surface area contributed by atoms with Gasteiger partial charge in [0.2, 0.25) is 0 Å². The summed E-state index contributed by atoms with van der Waals surface area (Å²) < 4.78 is 10.5. The van der Waals surface area contributed by atoms with Gasteiger partial charge < -0.3 is 20.9 Å². The molecule has 2 rings (SSSR count). The molecular formula is C18H20N4O3S. The van der Waals surface area contributed by atoms with E-state index in [1.807, 2.05) is 30.3 Å². The molecule has 1 amide bonds. The lowest BCUT2D eigenvalue weighted by atomic mass is 10.2. The molecule has 2 aromatic carbocycles. The fourth-order valence-corrected chi connectivity index (χ4v) is 2.56. The standard InChI is InChI=1S/C18H20N4O3S/c1-24-16-9-14(7-8-15(16)25-11-17(19)23)10-21-22-18(20)26-12-13-5-3-2-4-6-13/h2-10H,11-12H2,1H3,(H2,19,23)(H2,20,22). The van der Waals surface area contributed by atoms with Crippen LogP contribution < -0.4 is 20.9 Å². The van der Waals surface area contributed by atoms with E-state index in [0.29, 0.717) is 16.7 Å². The molecular weight excluding hydrogens is 352 g/mol. The van der Waals surface area contributed by atoms with Gasteiger partial charge in [0.1, 0.15) is 0 Å². The number of carbonyl (C=O) groups excluding carboxylic acids is 1. The van der Waals surface area contributed by atoms with Crippen molar-refractivity contribution >= 4 is 29.1 Å². The summed E-state index contributed by atoms with van der Waals surface area (Å²) in [4.78, 5) is 10.8. The predicted octanol–water partition coefficient (Wildman–Crippen LogP) is 2.14. The van der Waals surface area contributed by atoms with Gasteiger partial charge in [-0.2, -0.15) is 5.10 Å². The SMILES string of the molecule is COc1cc(C=NN=C(N)SCc2ccccc2)ccc1OCC(N)=O. The highest BCUT2D eigenvalue weighted by Crippen LogP contribution is 2.27. The van der Waals surface area contributed by atoms with Crippen molar-refractivity contribution in [3.05, 3.63) is 59.7 Å². The number of amidine groups is 1. The van der Waals surface area contributed by atoms with E-state index < -0.39 is 5.91 Å².